The minimum absolute atomic E-state index is 0.0641. The summed E-state index contributed by atoms with van der Waals surface area (Å²) in [7, 11) is 0. The molecule has 0 spiro atoms. The zero-order valence-corrected chi connectivity index (χ0v) is 14.8. The number of halogens is 1. The molecular weight excluding hydrogens is 369 g/mol. The van der Waals surface area contributed by atoms with Crippen LogP contribution in [0.1, 0.15) is 37.5 Å². The summed E-state index contributed by atoms with van der Waals surface area (Å²) < 4.78 is 1.09. The molecule has 0 aliphatic heterocycles. The van der Waals surface area contributed by atoms with Gasteiger partial charge in [-0.3, -0.25) is 4.99 Å². The third-order valence-corrected chi connectivity index (χ3v) is 3.67. The molecule has 106 valence electrons. The lowest BCUT2D eigenvalue weighted by Gasteiger charge is -2.11. The van der Waals surface area contributed by atoms with Crippen LogP contribution in [0.4, 0.5) is 0 Å². The summed E-state index contributed by atoms with van der Waals surface area (Å²) in [5, 5.41) is 0. The maximum atomic E-state index is 4.61. The van der Waals surface area contributed by atoms with Crippen molar-refractivity contribution in [2.24, 2.45) is 4.99 Å². The summed E-state index contributed by atoms with van der Waals surface area (Å²) in [6.45, 7) is 6.30. The lowest BCUT2D eigenvalue weighted by molar-refractivity contribution is 0.586. The van der Waals surface area contributed by atoms with Gasteiger partial charge in [-0.2, -0.15) is 0 Å². The predicted octanol–water partition coefficient (Wildman–Crippen LogP) is 5.53. The summed E-state index contributed by atoms with van der Waals surface area (Å²) >= 11 is 2.34. The van der Waals surface area contributed by atoms with Gasteiger partial charge in [-0.15, -0.1) is 0 Å². The van der Waals surface area contributed by atoms with Gasteiger partial charge in [-0.1, -0.05) is 12.1 Å². The van der Waals surface area contributed by atoms with Crippen LogP contribution in [0.15, 0.2) is 59.6 Å². The largest absolute Gasteiger partial charge is 0.286 e. The average molecular weight is 388 g/mol. The van der Waals surface area contributed by atoms with E-state index in [0.717, 1.165) is 20.3 Å². The molecule has 0 amide bonds. The van der Waals surface area contributed by atoms with Gasteiger partial charge in [0.15, 0.2) is 3.58 Å². The maximum Gasteiger partial charge on any atom is 0.154 e. The lowest BCUT2D eigenvalue weighted by atomic mass is 10.1. The van der Waals surface area contributed by atoms with Crippen LogP contribution < -0.4 is 0 Å². The van der Waals surface area contributed by atoms with Crippen molar-refractivity contribution in [3.8, 4) is 0 Å². The number of hydrogen-bond donors (Lipinski definition) is 0. The van der Waals surface area contributed by atoms with E-state index >= 15 is 0 Å². The molecule has 2 heteroatoms. The van der Waals surface area contributed by atoms with E-state index in [-0.39, 0.29) is 5.54 Å². The highest BCUT2D eigenvalue weighted by atomic mass is 127. The second-order valence-corrected chi connectivity index (χ2v) is 6.90. The second kappa shape index (κ2) is 6.97. The van der Waals surface area contributed by atoms with Gasteiger partial charge in [0.1, 0.15) is 5.56 Å². The Morgan fingerprint density at radius 2 is 1.62 bits per heavy atom. The molecule has 2 rings (SSSR count). The van der Waals surface area contributed by atoms with E-state index in [1.165, 1.54) is 0 Å². The number of nitrogens with zero attached hydrogens (tertiary/aromatic N) is 1. The molecular formula is C19H19IN+. The van der Waals surface area contributed by atoms with Gasteiger partial charge in [0.2, 0.25) is 0 Å². The molecule has 0 bridgehead atoms. The summed E-state index contributed by atoms with van der Waals surface area (Å²) in [4.78, 5) is 4.61. The molecule has 1 nitrogen and oxygen atoms in total. The molecule has 0 aromatic heterocycles. The van der Waals surface area contributed by atoms with Gasteiger partial charge in [-0.25, -0.2) is 0 Å². The van der Waals surface area contributed by atoms with Crippen LogP contribution in [0, 0.1) is 6.08 Å². The lowest BCUT2D eigenvalue weighted by Crippen LogP contribution is -2.09. The van der Waals surface area contributed by atoms with Crippen molar-refractivity contribution in [3.63, 3.8) is 0 Å². The number of rotatable bonds is 3. The van der Waals surface area contributed by atoms with Crippen molar-refractivity contribution >= 4 is 32.4 Å². The molecule has 0 aliphatic rings. The van der Waals surface area contributed by atoms with Crippen molar-refractivity contribution < 1.29 is 0 Å². The number of benzene rings is 2. The van der Waals surface area contributed by atoms with Gasteiger partial charge in [0.25, 0.3) is 0 Å². The van der Waals surface area contributed by atoms with Crippen LogP contribution in [-0.4, -0.2) is 11.8 Å². The van der Waals surface area contributed by atoms with Crippen LogP contribution >= 0.6 is 22.6 Å². The van der Waals surface area contributed by atoms with Crippen molar-refractivity contribution in [1.29, 1.82) is 0 Å². The van der Waals surface area contributed by atoms with Gasteiger partial charge >= 0.3 is 0 Å². The fourth-order valence-electron chi connectivity index (χ4n) is 1.79. The Kier molecular flexibility index (Phi) is 5.27. The molecule has 2 aromatic rings. The Morgan fingerprint density at radius 3 is 2.29 bits per heavy atom. The summed E-state index contributed by atoms with van der Waals surface area (Å²) in [6.07, 6.45) is 5.40. The molecule has 0 unspecified atom stereocenters. The average Bonchev–Trinajstić information content (AvgIpc) is 2.46. The normalized spacial score (nSPS) is 12.5. The summed E-state index contributed by atoms with van der Waals surface area (Å²) in [5.41, 5.74) is 3.31. The quantitative estimate of drug-likeness (QED) is 0.284. The van der Waals surface area contributed by atoms with Gasteiger partial charge in [0.05, 0.1) is 11.1 Å². The fourth-order valence-corrected chi connectivity index (χ4v) is 2.59. The fraction of sp³-hybridized carbons (Fsp3) is 0.211. The SMILES string of the molecule is CC(C)(C)N=Cc1ccccc1C(I)=[C+]c1ccccc1. The zero-order chi connectivity index (χ0) is 15.3. The van der Waals surface area contributed by atoms with E-state index in [9.17, 15) is 0 Å². The minimum atomic E-state index is -0.0641. The molecule has 2 aromatic carbocycles. The Bertz CT molecular complexity index is 649. The van der Waals surface area contributed by atoms with Crippen LogP contribution in [0.5, 0.6) is 0 Å². The topological polar surface area (TPSA) is 12.4 Å². The van der Waals surface area contributed by atoms with Crippen LogP contribution in [-0.2, 0) is 0 Å². The Hall–Kier alpha value is -1.51. The molecule has 0 aliphatic carbocycles. The van der Waals surface area contributed by atoms with Crippen molar-refractivity contribution in [3.05, 3.63) is 77.4 Å². The van der Waals surface area contributed by atoms with E-state index < -0.39 is 0 Å². The predicted molar refractivity (Wildman–Crippen MR) is 100 cm³/mol. The van der Waals surface area contributed by atoms with Crippen LogP contribution in [0.2, 0.25) is 0 Å². The monoisotopic (exact) mass is 388 g/mol. The smallest absolute Gasteiger partial charge is 0.154 e. The van der Waals surface area contributed by atoms with Gasteiger partial charge < -0.3 is 0 Å². The first kappa shape index (κ1) is 15.9. The first-order chi connectivity index (χ1) is 9.96. The van der Waals surface area contributed by atoms with E-state index in [2.05, 4.69) is 84.8 Å². The van der Waals surface area contributed by atoms with Crippen LogP contribution in [0.25, 0.3) is 3.58 Å². The van der Waals surface area contributed by atoms with Crippen molar-refractivity contribution in [2.45, 2.75) is 26.3 Å². The molecule has 0 radical (unpaired) electrons. The van der Waals surface area contributed by atoms with E-state index in [4.69, 9.17) is 0 Å². The number of hydrogen-bond acceptors (Lipinski definition) is 1. The molecule has 0 fully saturated rings. The standard InChI is InChI=1S/C19H19IN/c1-19(2,3)21-14-16-11-7-8-12-17(16)18(20)13-15-9-5-4-6-10-15/h4-12,14H,1-3H3/q+1. The molecule has 0 saturated heterocycles. The third-order valence-electron chi connectivity index (χ3n) is 2.82. The molecule has 0 heterocycles. The highest BCUT2D eigenvalue weighted by Crippen LogP contribution is 2.26. The third kappa shape index (κ3) is 5.07. The summed E-state index contributed by atoms with van der Waals surface area (Å²) in [6, 6.07) is 18.5. The Balaban J connectivity index is 2.36. The zero-order valence-electron chi connectivity index (χ0n) is 12.6. The van der Waals surface area contributed by atoms with E-state index in [1.807, 2.05) is 30.5 Å². The first-order valence-corrected chi connectivity index (χ1v) is 8.03. The van der Waals surface area contributed by atoms with Gasteiger partial charge in [-0.05, 0) is 73.7 Å². The molecule has 21 heavy (non-hydrogen) atoms. The molecule has 0 saturated carbocycles. The van der Waals surface area contributed by atoms with Crippen molar-refractivity contribution in [2.75, 3.05) is 0 Å². The maximum absolute atomic E-state index is 4.61. The highest BCUT2D eigenvalue weighted by Gasteiger charge is 2.12. The van der Waals surface area contributed by atoms with Gasteiger partial charge in [0, 0.05) is 30.0 Å². The Morgan fingerprint density at radius 1 is 1.00 bits per heavy atom. The molecule has 0 atom stereocenters. The minimum Gasteiger partial charge on any atom is -0.286 e. The number of aliphatic imine (C=N–C) groups is 1. The highest BCUT2D eigenvalue weighted by molar-refractivity contribution is 14.1. The second-order valence-electron chi connectivity index (χ2n) is 5.82. The van der Waals surface area contributed by atoms with Crippen LogP contribution in [0.3, 0.4) is 0 Å². The van der Waals surface area contributed by atoms with Crippen molar-refractivity contribution in [1.82, 2.24) is 0 Å². The Labute approximate surface area is 141 Å². The molecule has 0 N–H and O–H groups in total. The first-order valence-electron chi connectivity index (χ1n) is 6.95. The van der Waals surface area contributed by atoms with E-state index in [1.54, 1.807) is 0 Å². The van der Waals surface area contributed by atoms with E-state index in [0.29, 0.717) is 0 Å². The summed E-state index contributed by atoms with van der Waals surface area (Å²) in [5.74, 6) is 0.